The van der Waals surface area contributed by atoms with Crippen LogP contribution in [0.4, 0.5) is 0 Å². The molecule has 0 saturated carbocycles. The molecule has 1 atom stereocenters. The molecule has 0 N–H and O–H groups in total. The van der Waals surface area contributed by atoms with E-state index < -0.39 is 0 Å². The summed E-state index contributed by atoms with van der Waals surface area (Å²) in [6.45, 7) is 9.47. The summed E-state index contributed by atoms with van der Waals surface area (Å²) in [5, 5.41) is 0. The van der Waals surface area contributed by atoms with Gasteiger partial charge in [0.25, 0.3) is 0 Å². The van der Waals surface area contributed by atoms with Gasteiger partial charge in [-0.15, -0.1) is 0 Å². The Balaban J connectivity index is 1.65. The molecule has 6 heteroatoms. The number of likely N-dealkylation sites (tertiary alicyclic amines) is 2. The van der Waals surface area contributed by atoms with Crippen LogP contribution in [0.1, 0.15) is 45.1 Å². The highest BCUT2D eigenvalue weighted by atomic mass is 16.2. The smallest absolute Gasteiger partial charge is 0.236 e. The van der Waals surface area contributed by atoms with Gasteiger partial charge >= 0.3 is 0 Å². The Kier molecular flexibility index (Phi) is 6.47. The quantitative estimate of drug-likeness (QED) is 0.768. The second-order valence-corrected chi connectivity index (χ2v) is 7.99. The van der Waals surface area contributed by atoms with Crippen LogP contribution in [0.25, 0.3) is 0 Å². The zero-order valence-corrected chi connectivity index (χ0v) is 16.7. The summed E-state index contributed by atoms with van der Waals surface area (Å²) in [5.74, 6) is 0.449. The third-order valence-electron chi connectivity index (χ3n) is 6.11. The number of amides is 2. The molecule has 2 amide bonds. The number of hydrogen-bond donors (Lipinski definition) is 0. The van der Waals surface area contributed by atoms with Gasteiger partial charge in [0.2, 0.25) is 11.8 Å². The monoisotopic (exact) mass is 372 g/mol. The van der Waals surface area contributed by atoms with Gasteiger partial charge < -0.3 is 9.80 Å². The number of carbonyl (C=O) groups excluding carboxylic acids is 2. The van der Waals surface area contributed by atoms with Crippen LogP contribution in [0, 0.1) is 5.41 Å². The van der Waals surface area contributed by atoms with Crippen molar-refractivity contribution in [3.8, 4) is 0 Å². The molecule has 3 heterocycles. The third kappa shape index (κ3) is 4.86. The van der Waals surface area contributed by atoms with E-state index in [4.69, 9.17) is 0 Å². The summed E-state index contributed by atoms with van der Waals surface area (Å²) in [7, 11) is 0. The van der Waals surface area contributed by atoms with Crippen molar-refractivity contribution in [2.45, 2.75) is 46.1 Å². The predicted molar refractivity (Wildman–Crippen MR) is 105 cm³/mol. The van der Waals surface area contributed by atoms with E-state index in [1.165, 1.54) is 0 Å². The number of rotatable bonds is 6. The van der Waals surface area contributed by atoms with Crippen molar-refractivity contribution in [1.29, 1.82) is 0 Å². The minimum atomic E-state index is 0.0489. The van der Waals surface area contributed by atoms with Crippen molar-refractivity contribution < 1.29 is 9.59 Å². The second-order valence-electron chi connectivity index (χ2n) is 7.99. The van der Waals surface area contributed by atoms with E-state index in [-0.39, 0.29) is 17.2 Å². The number of aromatic nitrogens is 1. The topological polar surface area (TPSA) is 56.8 Å². The number of hydrogen-bond acceptors (Lipinski definition) is 4. The molecule has 2 fully saturated rings. The zero-order chi connectivity index (χ0) is 19.3. The number of pyridine rings is 1. The average molecular weight is 373 g/mol. The normalized spacial score (nSPS) is 23.3. The number of piperidine rings is 2. The molecule has 0 aromatic carbocycles. The Morgan fingerprint density at radius 2 is 2.07 bits per heavy atom. The van der Waals surface area contributed by atoms with E-state index in [1.54, 1.807) is 6.20 Å². The van der Waals surface area contributed by atoms with Crippen LogP contribution in [0.2, 0.25) is 0 Å². The Bertz CT molecular complexity index is 647. The molecule has 148 valence electrons. The fourth-order valence-corrected chi connectivity index (χ4v) is 4.45. The summed E-state index contributed by atoms with van der Waals surface area (Å²) in [5.41, 5.74) is 1.11. The number of nitrogens with zero attached hydrogens (tertiary/aromatic N) is 4. The van der Waals surface area contributed by atoms with E-state index >= 15 is 0 Å². The number of likely N-dealkylation sites (N-methyl/N-ethyl adjacent to an activating group) is 1. The molecule has 2 saturated heterocycles. The molecule has 6 nitrogen and oxygen atoms in total. The fourth-order valence-electron chi connectivity index (χ4n) is 4.45. The van der Waals surface area contributed by atoms with Crippen LogP contribution in [-0.2, 0) is 16.1 Å². The van der Waals surface area contributed by atoms with E-state index in [0.29, 0.717) is 19.5 Å². The SMILES string of the molecule is CCN(CC)CC(=O)N1CCCC2(CCC(=O)N(Cc3cccnc3)C2)C1. The van der Waals surface area contributed by atoms with Gasteiger partial charge in [0.1, 0.15) is 0 Å². The largest absolute Gasteiger partial charge is 0.341 e. The van der Waals surface area contributed by atoms with E-state index in [1.807, 2.05) is 28.1 Å². The molecule has 0 aliphatic carbocycles. The van der Waals surface area contributed by atoms with Gasteiger partial charge in [0.05, 0.1) is 6.54 Å². The molecule has 1 unspecified atom stereocenters. The predicted octanol–water partition coefficient (Wildman–Crippen LogP) is 2.15. The molecule has 2 aliphatic heterocycles. The minimum Gasteiger partial charge on any atom is -0.341 e. The fraction of sp³-hybridized carbons (Fsp3) is 0.667. The zero-order valence-electron chi connectivity index (χ0n) is 16.7. The summed E-state index contributed by atoms with van der Waals surface area (Å²) in [6.07, 6.45) is 7.18. The molecular weight excluding hydrogens is 340 g/mol. The molecule has 27 heavy (non-hydrogen) atoms. The van der Waals surface area contributed by atoms with Crippen LogP contribution in [0.15, 0.2) is 24.5 Å². The van der Waals surface area contributed by atoms with Gasteiger partial charge in [-0.3, -0.25) is 19.5 Å². The Hall–Kier alpha value is -1.95. The lowest BCUT2D eigenvalue weighted by Gasteiger charge is -2.48. The van der Waals surface area contributed by atoms with Gasteiger partial charge in [-0.2, -0.15) is 0 Å². The van der Waals surface area contributed by atoms with Crippen LogP contribution < -0.4 is 0 Å². The first-order valence-electron chi connectivity index (χ1n) is 10.2. The van der Waals surface area contributed by atoms with Crippen LogP contribution in [0.3, 0.4) is 0 Å². The standard InChI is InChI=1S/C21H32N4O2/c1-3-23(4-2)15-20(27)24-12-6-9-21(16-24)10-8-19(26)25(17-21)14-18-7-5-11-22-13-18/h5,7,11,13H,3-4,6,8-10,12,14-17H2,1-2H3. The molecule has 2 aliphatic rings. The van der Waals surface area contributed by atoms with Gasteiger partial charge in [-0.25, -0.2) is 0 Å². The van der Waals surface area contributed by atoms with E-state index in [2.05, 4.69) is 23.7 Å². The molecule has 3 rings (SSSR count). The molecule has 0 radical (unpaired) electrons. The number of carbonyl (C=O) groups is 2. The lowest BCUT2D eigenvalue weighted by atomic mass is 9.73. The van der Waals surface area contributed by atoms with E-state index in [0.717, 1.165) is 57.5 Å². The average Bonchev–Trinajstić information content (AvgIpc) is 2.70. The van der Waals surface area contributed by atoms with E-state index in [9.17, 15) is 9.59 Å². The van der Waals surface area contributed by atoms with Crippen molar-refractivity contribution in [3.63, 3.8) is 0 Å². The van der Waals surface area contributed by atoms with Gasteiger partial charge in [0, 0.05) is 50.4 Å². The van der Waals surface area contributed by atoms with Crippen molar-refractivity contribution in [1.82, 2.24) is 19.7 Å². The highest BCUT2D eigenvalue weighted by molar-refractivity contribution is 5.79. The Morgan fingerprint density at radius 1 is 1.26 bits per heavy atom. The Labute approximate surface area is 162 Å². The van der Waals surface area contributed by atoms with Crippen LogP contribution in [-0.4, -0.2) is 70.8 Å². The first-order chi connectivity index (χ1) is 13.0. The second kappa shape index (κ2) is 8.83. The molecule has 1 aromatic rings. The lowest BCUT2D eigenvalue weighted by Crippen LogP contribution is -2.56. The highest BCUT2D eigenvalue weighted by Crippen LogP contribution is 2.39. The maximum atomic E-state index is 12.8. The minimum absolute atomic E-state index is 0.0489. The molecular formula is C21H32N4O2. The van der Waals surface area contributed by atoms with Crippen LogP contribution in [0.5, 0.6) is 0 Å². The Morgan fingerprint density at radius 3 is 2.78 bits per heavy atom. The van der Waals surface area contributed by atoms with Crippen molar-refractivity contribution in [2.24, 2.45) is 5.41 Å². The first-order valence-corrected chi connectivity index (χ1v) is 10.2. The van der Waals surface area contributed by atoms with Gasteiger partial charge in [-0.1, -0.05) is 19.9 Å². The summed E-state index contributed by atoms with van der Waals surface area (Å²) in [4.78, 5) is 35.6. The maximum Gasteiger partial charge on any atom is 0.236 e. The summed E-state index contributed by atoms with van der Waals surface area (Å²) < 4.78 is 0. The first kappa shape index (κ1) is 19.8. The third-order valence-corrected chi connectivity index (χ3v) is 6.11. The maximum absolute atomic E-state index is 12.8. The van der Waals surface area contributed by atoms with Crippen molar-refractivity contribution in [3.05, 3.63) is 30.1 Å². The molecule has 1 aromatic heterocycles. The lowest BCUT2D eigenvalue weighted by molar-refractivity contribution is -0.144. The van der Waals surface area contributed by atoms with Gasteiger partial charge in [-0.05, 0) is 44.0 Å². The molecule has 1 spiro atoms. The van der Waals surface area contributed by atoms with Crippen LogP contribution >= 0.6 is 0 Å². The summed E-state index contributed by atoms with van der Waals surface area (Å²) >= 11 is 0. The van der Waals surface area contributed by atoms with Crippen molar-refractivity contribution in [2.75, 3.05) is 39.3 Å². The van der Waals surface area contributed by atoms with Crippen molar-refractivity contribution >= 4 is 11.8 Å². The summed E-state index contributed by atoms with van der Waals surface area (Å²) in [6, 6.07) is 3.93. The highest BCUT2D eigenvalue weighted by Gasteiger charge is 2.42. The molecule has 0 bridgehead atoms. The van der Waals surface area contributed by atoms with Gasteiger partial charge in [0.15, 0.2) is 0 Å².